The fourth-order valence-corrected chi connectivity index (χ4v) is 2.00. The number of unbranched alkanes of at least 4 members (excludes halogenated alkanes) is 2. The van der Waals surface area contributed by atoms with Crippen molar-refractivity contribution in [2.24, 2.45) is 5.41 Å². The third-order valence-electron chi connectivity index (χ3n) is 3.16. The molecule has 5 nitrogen and oxygen atoms in total. The van der Waals surface area contributed by atoms with Gasteiger partial charge in [-0.3, -0.25) is 24.6 Å². The highest BCUT2D eigenvalue weighted by atomic mass is 19.1. The molecule has 0 aromatic carbocycles. The van der Waals surface area contributed by atoms with Gasteiger partial charge in [-0.2, -0.15) is 0 Å². The predicted molar refractivity (Wildman–Crippen MR) is 58.8 cm³/mol. The number of carbonyl (C=O) groups is 3. The van der Waals surface area contributed by atoms with Gasteiger partial charge in [-0.15, -0.1) is 0 Å². The highest BCUT2D eigenvalue weighted by molar-refractivity contribution is 6.19. The third kappa shape index (κ3) is 2.81. The molecule has 0 bridgehead atoms. The maximum Gasteiger partial charge on any atom is 0.328 e. The number of rotatable bonds is 6. The van der Waals surface area contributed by atoms with E-state index < -0.39 is 29.9 Å². The fourth-order valence-electron chi connectivity index (χ4n) is 2.00. The Morgan fingerprint density at radius 1 is 1.06 bits per heavy atom. The molecule has 17 heavy (non-hydrogen) atoms. The Hall–Kier alpha value is -1.46. The molecule has 1 fully saturated rings. The summed E-state index contributed by atoms with van der Waals surface area (Å²) in [5.41, 5.74) is -1.18. The van der Waals surface area contributed by atoms with Crippen molar-refractivity contribution in [1.29, 1.82) is 0 Å². The summed E-state index contributed by atoms with van der Waals surface area (Å²) in [6, 6.07) is -0.771. The van der Waals surface area contributed by atoms with Crippen molar-refractivity contribution >= 4 is 17.8 Å². The minimum absolute atomic E-state index is 0.327. The van der Waals surface area contributed by atoms with Crippen LogP contribution in [0.4, 0.5) is 9.18 Å². The van der Waals surface area contributed by atoms with Crippen LogP contribution >= 0.6 is 0 Å². The second kappa shape index (κ2) is 5.75. The van der Waals surface area contributed by atoms with E-state index in [0.29, 0.717) is 32.1 Å². The zero-order valence-corrected chi connectivity index (χ0v) is 9.85. The second-order valence-electron chi connectivity index (χ2n) is 4.17. The molecule has 1 aliphatic rings. The summed E-state index contributed by atoms with van der Waals surface area (Å²) in [6.45, 7) is 1.33. The molecule has 1 heterocycles. The quantitative estimate of drug-likeness (QED) is 0.546. The molecule has 1 saturated heterocycles. The number of hydrogen-bond donors (Lipinski definition) is 2. The third-order valence-corrected chi connectivity index (χ3v) is 3.16. The largest absolute Gasteiger partial charge is 0.328 e. The molecule has 0 aromatic heterocycles. The highest BCUT2D eigenvalue weighted by Crippen LogP contribution is 2.31. The maximum atomic E-state index is 11.9. The van der Waals surface area contributed by atoms with Crippen LogP contribution in [0.5, 0.6) is 0 Å². The van der Waals surface area contributed by atoms with Gasteiger partial charge < -0.3 is 0 Å². The topological polar surface area (TPSA) is 75.3 Å². The van der Waals surface area contributed by atoms with Crippen LogP contribution in [0, 0.1) is 5.41 Å². The summed E-state index contributed by atoms with van der Waals surface area (Å²) in [7, 11) is 0. The first kappa shape index (κ1) is 13.6. The number of carbonyl (C=O) groups excluding carboxylic acids is 3. The summed E-state index contributed by atoms with van der Waals surface area (Å²) in [5, 5.41) is 4.22. The SMILES string of the molecule is CCC1(CCCCCF)C(=O)NC(=O)NC1=O. The predicted octanol–water partition coefficient (Wildman–Crippen LogP) is 1.28. The van der Waals surface area contributed by atoms with Crippen molar-refractivity contribution in [2.45, 2.75) is 39.0 Å². The summed E-state index contributed by atoms with van der Waals surface area (Å²) in [6.07, 6.45) is 2.32. The lowest BCUT2D eigenvalue weighted by Crippen LogP contribution is -2.62. The second-order valence-corrected chi connectivity index (χ2v) is 4.17. The van der Waals surface area contributed by atoms with E-state index in [9.17, 15) is 18.8 Å². The molecular formula is C11H17FN2O3. The van der Waals surface area contributed by atoms with Gasteiger partial charge in [0.25, 0.3) is 0 Å². The number of imide groups is 2. The first-order valence-electron chi connectivity index (χ1n) is 5.79. The Kier molecular flexibility index (Phi) is 4.60. The van der Waals surface area contributed by atoms with Crippen molar-refractivity contribution in [3.05, 3.63) is 0 Å². The lowest BCUT2D eigenvalue weighted by Gasteiger charge is -2.32. The minimum atomic E-state index is -1.18. The average molecular weight is 244 g/mol. The minimum Gasteiger partial charge on any atom is -0.277 e. The number of barbiturate groups is 1. The summed E-state index contributed by atoms with van der Waals surface area (Å²) >= 11 is 0. The number of amides is 4. The monoisotopic (exact) mass is 244 g/mol. The Balaban J connectivity index is 2.68. The van der Waals surface area contributed by atoms with Crippen LogP contribution in [0.15, 0.2) is 0 Å². The lowest BCUT2D eigenvalue weighted by atomic mass is 9.77. The zero-order valence-electron chi connectivity index (χ0n) is 9.85. The van der Waals surface area contributed by atoms with Gasteiger partial charge in [0, 0.05) is 0 Å². The lowest BCUT2D eigenvalue weighted by molar-refractivity contribution is -0.145. The molecule has 1 rings (SSSR count). The smallest absolute Gasteiger partial charge is 0.277 e. The van der Waals surface area contributed by atoms with E-state index in [1.54, 1.807) is 6.92 Å². The van der Waals surface area contributed by atoms with Gasteiger partial charge in [-0.25, -0.2) is 4.79 Å². The average Bonchev–Trinajstić information content (AvgIpc) is 2.27. The molecule has 0 radical (unpaired) electrons. The normalized spacial score (nSPS) is 18.8. The molecule has 0 saturated carbocycles. The van der Waals surface area contributed by atoms with Gasteiger partial charge in [-0.1, -0.05) is 19.8 Å². The molecule has 2 N–H and O–H groups in total. The van der Waals surface area contributed by atoms with Crippen molar-refractivity contribution in [1.82, 2.24) is 10.6 Å². The first-order valence-corrected chi connectivity index (χ1v) is 5.79. The van der Waals surface area contributed by atoms with E-state index in [1.165, 1.54) is 0 Å². The molecular weight excluding hydrogens is 227 g/mol. The van der Waals surface area contributed by atoms with Crippen LogP contribution in [0.3, 0.4) is 0 Å². The van der Waals surface area contributed by atoms with Crippen LogP contribution in [0.25, 0.3) is 0 Å². The van der Waals surface area contributed by atoms with Crippen LogP contribution < -0.4 is 10.6 Å². The van der Waals surface area contributed by atoms with Crippen molar-refractivity contribution in [3.8, 4) is 0 Å². The van der Waals surface area contributed by atoms with E-state index >= 15 is 0 Å². The summed E-state index contributed by atoms with van der Waals surface area (Å²) in [4.78, 5) is 34.5. The van der Waals surface area contributed by atoms with E-state index in [0.717, 1.165) is 0 Å². The number of alkyl halides is 1. The van der Waals surface area contributed by atoms with Gasteiger partial charge in [0.2, 0.25) is 11.8 Å². The Morgan fingerprint density at radius 3 is 2.12 bits per heavy atom. The van der Waals surface area contributed by atoms with Crippen molar-refractivity contribution in [3.63, 3.8) is 0 Å². The van der Waals surface area contributed by atoms with Gasteiger partial charge in [-0.05, 0) is 19.3 Å². The van der Waals surface area contributed by atoms with Crippen LogP contribution in [-0.4, -0.2) is 24.5 Å². The molecule has 6 heteroatoms. The zero-order chi connectivity index (χ0) is 12.9. The van der Waals surface area contributed by atoms with E-state index in [-0.39, 0.29) is 0 Å². The number of hydrogen-bond acceptors (Lipinski definition) is 3. The van der Waals surface area contributed by atoms with Crippen molar-refractivity contribution in [2.75, 3.05) is 6.67 Å². The van der Waals surface area contributed by atoms with Crippen molar-refractivity contribution < 1.29 is 18.8 Å². The molecule has 0 spiro atoms. The van der Waals surface area contributed by atoms with E-state index in [4.69, 9.17) is 0 Å². The van der Waals surface area contributed by atoms with Crippen LogP contribution in [0.1, 0.15) is 39.0 Å². The van der Waals surface area contributed by atoms with Gasteiger partial charge in [0.1, 0.15) is 5.41 Å². The molecule has 1 aliphatic heterocycles. The molecule has 0 unspecified atom stereocenters. The van der Waals surface area contributed by atoms with Gasteiger partial charge >= 0.3 is 6.03 Å². The number of nitrogens with one attached hydrogen (secondary N) is 2. The standard InChI is InChI=1S/C11H17FN2O3/c1-2-11(6-4-3-5-7-12)8(15)13-10(17)14-9(11)16/h2-7H2,1H3,(H2,13,14,15,16,17). The molecule has 4 amide bonds. The highest BCUT2D eigenvalue weighted by Gasteiger charge is 2.48. The Bertz CT molecular complexity index is 311. The molecule has 0 aromatic rings. The van der Waals surface area contributed by atoms with E-state index in [1.807, 2.05) is 0 Å². The summed E-state index contributed by atoms with van der Waals surface area (Å²) < 4.78 is 11.9. The van der Waals surface area contributed by atoms with Crippen LogP contribution in [0.2, 0.25) is 0 Å². The van der Waals surface area contributed by atoms with Gasteiger partial charge in [0.05, 0.1) is 6.67 Å². The molecule has 0 atom stereocenters. The fraction of sp³-hybridized carbons (Fsp3) is 0.727. The Morgan fingerprint density at radius 2 is 1.65 bits per heavy atom. The molecule has 0 aliphatic carbocycles. The van der Waals surface area contributed by atoms with Crippen LogP contribution in [-0.2, 0) is 9.59 Å². The summed E-state index contributed by atoms with van der Waals surface area (Å²) in [5.74, 6) is -1.09. The van der Waals surface area contributed by atoms with Gasteiger partial charge in [0.15, 0.2) is 0 Å². The van der Waals surface area contributed by atoms with E-state index in [2.05, 4.69) is 10.6 Å². The number of halogens is 1. The molecule has 96 valence electrons. The Labute approximate surface area is 99.1 Å². The first-order chi connectivity index (χ1) is 8.06. The maximum absolute atomic E-state index is 11.9. The number of urea groups is 1.